The molecule has 0 saturated carbocycles. The minimum atomic E-state index is -1.14. The number of carboxylic acids is 1. The number of rotatable bonds is 4. The molecule has 7 heteroatoms. The summed E-state index contributed by atoms with van der Waals surface area (Å²) in [6.45, 7) is -0.210. The zero-order valence-electron chi connectivity index (χ0n) is 9.10. The average molecular weight is 239 g/mol. The Morgan fingerprint density at radius 1 is 1.65 bits per heavy atom. The van der Waals surface area contributed by atoms with Crippen molar-refractivity contribution in [3.8, 4) is 12.3 Å². The Labute approximate surface area is 98.2 Å². The topological polar surface area (TPSA) is 98.7 Å². The number of aliphatic carboxylic acids is 1. The third-order valence-corrected chi connectivity index (χ3v) is 2.20. The second-order valence-corrected chi connectivity index (χ2v) is 3.61. The van der Waals surface area contributed by atoms with Crippen LogP contribution < -0.4 is 10.6 Å². The molecule has 1 atom stereocenters. The van der Waals surface area contributed by atoms with Crippen LogP contribution in [0.15, 0.2) is 0 Å². The fourth-order valence-electron chi connectivity index (χ4n) is 1.45. The highest BCUT2D eigenvalue weighted by atomic mass is 16.4. The Kier molecular flexibility index (Phi) is 4.34. The summed E-state index contributed by atoms with van der Waals surface area (Å²) in [5.74, 6) is 0.923. The highest BCUT2D eigenvalue weighted by Crippen LogP contribution is 2.00. The number of nitrogens with one attached hydrogen (secondary N) is 2. The van der Waals surface area contributed by atoms with E-state index in [2.05, 4.69) is 16.6 Å². The molecule has 0 aromatic heterocycles. The van der Waals surface area contributed by atoms with Gasteiger partial charge in [-0.1, -0.05) is 5.92 Å². The number of carboxylic acid groups (broad SMARTS) is 1. The van der Waals surface area contributed by atoms with E-state index in [1.54, 1.807) is 0 Å². The summed E-state index contributed by atoms with van der Waals surface area (Å²) in [5, 5.41) is 13.7. The van der Waals surface area contributed by atoms with E-state index in [1.807, 2.05) is 0 Å². The summed E-state index contributed by atoms with van der Waals surface area (Å²) in [6, 6.07) is -0.893. The van der Waals surface area contributed by atoms with E-state index in [9.17, 15) is 14.4 Å². The maximum absolute atomic E-state index is 11.6. The molecule has 0 radical (unpaired) electrons. The van der Waals surface area contributed by atoms with Gasteiger partial charge in [0.25, 0.3) is 0 Å². The molecule has 0 aliphatic carbocycles. The van der Waals surface area contributed by atoms with Crippen molar-refractivity contribution in [2.45, 2.75) is 12.5 Å². The van der Waals surface area contributed by atoms with Crippen molar-refractivity contribution in [2.75, 3.05) is 19.6 Å². The molecule has 17 heavy (non-hydrogen) atoms. The van der Waals surface area contributed by atoms with Gasteiger partial charge in [0.05, 0.1) is 12.6 Å². The van der Waals surface area contributed by atoms with Crippen LogP contribution in [0.2, 0.25) is 0 Å². The molecule has 0 aromatic rings. The number of carbonyl (C=O) groups excluding carboxylic acids is 2. The van der Waals surface area contributed by atoms with Crippen molar-refractivity contribution >= 4 is 17.9 Å². The summed E-state index contributed by atoms with van der Waals surface area (Å²) in [4.78, 5) is 34.1. The summed E-state index contributed by atoms with van der Waals surface area (Å²) in [7, 11) is 0. The lowest BCUT2D eigenvalue weighted by molar-refractivity contribution is -0.137. The predicted molar refractivity (Wildman–Crippen MR) is 58.0 cm³/mol. The molecule has 0 spiro atoms. The molecule has 92 valence electrons. The van der Waals surface area contributed by atoms with Crippen LogP contribution in [-0.4, -0.2) is 53.6 Å². The van der Waals surface area contributed by atoms with Crippen LogP contribution >= 0.6 is 0 Å². The van der Waals surface area contributed by atoms with E-state index in [0.717, 1.165) is 4.90 Å². The van der Waals surface area contributed by atoms with Crippen LogP contribution in [0.4, 0.5) is 4.79 Å². The maximum Gasteiger partial charge on any atom is 0.323 e. The van der Waals surface area contributed by atoms with Crippen molar-refractivity contribution in [1.82, 2.24) is 15.5 Å². The third kappa shape index (κ3) is 4.03. The van der Waals surface area contributed by atoms with Crippen LogP contribution in [0.25, 0.3) is 0 Å². The summed E-state index contributed by atoms with van der Waals surface area (Å²) in [5.41, 5.74) is 0. The minimum Gasteiger partial charge on any atom is -0.480 e. The van der Waals surface area contributed by atoms with E-state index in [0.29, 0.717) is 6.54 Å². The Hall–Kier alpha value is -2.23. The molecular formula is C10H13N3O4. The highest BCUT2D eigenvalue weighted by molar-refractivity contribution is 5.83. The number of nitrogens with zero attached hydrogens (tertiary/aromatic N) is 1. The quantitative estimate of drug-likeness (QED) is 0.526. The smallest absolute Gasteiger partial charge is 0.323 e. The van der Waals surface area contributed by atoms with Crippen LogP contribution in [0.3, 0.4) is 0 Å². The molecule has 0 bridgehead atoms. The van der Waals surface area contributed by atoms with Crippen molar-refractivity contribution in [3.63, 3.8) is 0 Å². The fraction of sp³-hybridized carbons (Fsp3) is 0.500. The standard InChI is InChI=1S/C10H13N3O4/c1-2-3-13(6-9(15)16)10(17)12-7-4-8(14)11-5-7/h1,7H,3-6H2,(H,11,14)(H,12,17)(H,15,16). The third-order valence-electron chi connectivity index (χ3n) is 2.20. The van der Waals surface area contributed by atoms with E-state index < -0.39 is 18.5 Å². The highest BCUT2D eigenvalue weighted by Gasteiger charge is 2.25. The van der Waals surface area contributed by atoms with Crippen LogP contribution in [0, 0.1) is 12.3 Å². The van der Waals surface area contributed by atoms with Gasteiger partial charge in [-0.2, -0.15) is 0 Å². The van der Waals surface area contributed by atoms with Gasteiger partial charge in [-0.15, -0.1) is 6.42 Å². The van der Waals surface area contributed by atoms with E-state index >= 15 is 0 Å². The SMILES string of the molecule is C#CCN(CC(=O)O)C(=O)NC1CNC(=O)C1. The van der Waals surface area contributed by atoms with Crippen molar-refractivity contribution in [2.24, 2.45) is 0 Å². The van der Waals surface area contributed by atoms with Crippen LogP contribution in [0.1, 0.15) is 6.42 Å². The molecule has 1 aliphatic heterocycles. The first-order valence-corrected chi connectivity index (χ1v) is 5.00. The largest absolute Gasteiger partial charge is 0.480 e. The van der Waals surface area contributed by atoms with Gasteiger partial charge in [-0.25, -0.2) is 4.79 Å². The van der Waals surface area contributed by atoms with Gasteiger partial charge in [0.2, 0.25) is 5.91 Å². The molecule has 1 rings (SSSR count). The molecule has 3 N–H and O–H groups in total. The molecule has 1 heterocycles. The van der Waals surface area contributed by atoms with Crippen LogP contribution in [0.5, 0.6) is 0 Å². The number of hydrogen-bond acceptors (Lipinski definition) is 3. The van der Waals surface area contributed by atoms with E-state index in [1.165, 1.54) is 0 Å². The van der Waals surface area contributed by atoms with Gasteiger partial charge in [0, 0.05) is 13.0 Å². The van der Waals surface area contributed by atoms with Crippen molar-refractivity contribution in [1.29, 1.82) is 0 Å². The lowest BCUT2D eigenvalue weighted by atomic mass is 10.2. The normalized spacial score (nSPS) is 18.1. The molecule has 1 unspecified atom stereocenters. The monoisotopic (exact) mass is 239 g/mol. The van der Waals surface area contributed by atoms with Gasteiger partial charge in [-0.3, -0.25) is 9.59 Å². The molecular weight excluding hydrogens is 226 g/mol. The summed E-state index contributed by atoms with van der Waals surface area (Å²) in [6.07, 6.45) is 5.24. The second kappa shape index (κ2) is 5.75. The first kappa shape index (κ1) is 12.8. The van der Waals surface area contributed by atoms with Gasteiger partial charge < -0.3 is 20.6 Å². The number of carbonyl (C=O) groups is 3. The zero-order chi connectivity index (χ0) is 12.8. The van der Waals surface area contributed by atoms with Crippen molar-refractivity contribution in [3.05, 3.63) is 0 Å². The molecule has 3 amide bonds. The van der Waals surface area contributed by atoms with Gasteiger partial charge in [0.1, 0.15) is 6.54 Å². The summed E-state index contributed by atoms with van der Waals surface area (Å²) >= 11 is 0. The number of amides is 3. The molecule has 1 fully saturated rings. The lowest BCUT2D eigenvalue weighted by Gasteiger charge is -2.20. The number of urea groups is 1. The van der Waals surface area contributed by atoms with E-state index in [4.69, 9.17) is 11.5 Å². The first-order valence-electron chi connectivity index (χ1n) is 5.00. The van der Waals surface area contributed by atoms with Gasteiger partial charge in [-0.05, 0) is 0 Å². The van der Waals surface area contributed by atoms with Crippen molar-refractivity contribution < 1.29 is 19.5 Å². The predicted octanol–water partition coefficient (Wildman–Crippen LogP) is -1.40. The zero-order valence-corrected chi connectivity index (χ0v) is 9.10. The molecule has 1 aliphatic rings. The first-order chi connectivity index (χ1) is 8.02. The lowest BCUT2D eigenvalue weighted by Crippen LogP contribution is -2.47. The van der Waals surface area contributed by atoms with Gasteiger partial charge >= 0.3 is 12.0 Å². The molecule has 0 aromatic carbocycles. The molecule has 1 saturated heterocycles. The summed E-state index contributed by atoms with van der Waals surface area (Å²) < 4.78 is 0. The minimum absolute atomic E-state index is 0.0910. The Bertz CT molecular complexity index is 374. The number of terminal acetylenes is 1. The maximum atomic E-state index is 11.6. The molecule has 7 nitrogen and oxygen atoms in total. The number of hydrogen-bond donors (Lipinski definition) is 3. The average Bonchev–Trinajstić information content (AvgIpc) is 2.62. The Morgan fingerprint density at radius 2 is 2.35 bits per heavy atom. The Balaban J connectivity index is 2.50. The van der Waals surface area contributed by atoms with Crippen LogP contribution in [-0.2, 0) is 9.59 Å². The Morgan fingerprint density at radius 3 is 2.82 bits per heavy atom. The van der Waals surface area contributed by atoms with E-state index in [-0.39, 0.29) is 24.9 Å². The second-order valence-electron chi connectivity index (χ2n) is 3.61. The fourth-order valence-corrected chi connectivity index (χ4v) is 1.45. The van der Waals surface area contributed by atoms with Gasteiger partial charge in [0.15, 0.2) is 0 Å².